The highest BCUT2D eigenvalue weighted by molar-refractivity contribution is 5.37. The van der Waals surface area contributed by atoms with Crippen molar-refractivity contribution in [2.24, 2.45) is 5.92 Å². The van der Waals surface area contributed by atoms with Gasteiger partial charge in [-0.3, -0.25) is 0 Å². The van der Waals surface area contributed by atoms with Crippen molar-refractivity contribution in [1.29, 1.82) is 0 Å². The number of hydrogen-bond acceptors (Lipinski definition) is 9. The molecule has 0 atom stereocenters. The lowest BCUT2D eigenvalue weighted by atomic mass is 9.92. The third-order valence-corrected chi connectivity index (χ3v) is 6.62. The van der Waals surface area contributed by atoms with Crippen molar-refractivity contribution in [2.75, 3.05) is 72.7 Å². The molecule has 0 aliphatic carbocycles. The molecule has 2 aliphatic heterocycles. The van der Waals surface area contributed by atoms with E-state index in [1.807, 2.05) is 6.92 Å². The van der Waals surface area contributed by atoms with Gasteiger partial charge < -0.3 is 29.3 Å². The Morgan fingerprint density at radius 2 is 1.89 bits per heavy atom. The van der Waals surface area contributed by atoms with E-state index in [0.717, 1.165) is 76.3 Å². The minimum Gasteiger partial charge on any atom is -0.494 e. The predicted molar refractivity (Wildman–Crippen MR) is 152 cm³/mol. The fourth-order valence-corrected chi connectivity index (χ4v) is 4.49. The molecule has 0 amide bonds. The first kappa shape index (κ1) is 31.7. The van der Waals surface area contributed by atoms with E-state index in [1.54, 1.807) is 10.9 Å². The number of anilines is 1. The zero-order valence-electron chi connectivity index (χ0n) is 24.2. The SMILES string of the molecule is C=CC.CN(C)CCn1nnc(N2CCC(CCCOc3ccc4c(c3)CCN(C)C4)CC2)n1.COCO. The van der Waals surface area contributed by atoms with E-state index in [2.05, 4.69) is 80.8 Å². The molecule has 1 aromatic carbocycles. The van der Waals surface area contributed by atoms with Crippen molar-refractivity contribution >= 4 is 5.95 Å². The summed E-state index contributed by atoms with van der Waals surface area (Å²) >= 11 is 0. The number of aliphatic hydroxyl groups excluding tert-OH is 1. The number of benzene rings is 1. The van der Waals surface area contributed by atoms with Crippen molar-refractivity contribution in [3.8, 4) is 5.75 Å². The lowest BCUT2D eigenvalue weighted by Gasteiger charge is -2.30. The number of likely N-dealkylation sites (N-methyl/N-ethyl adjacent to an activating group) is 2. The number of tetrazole rings is 1. The van der Waals surface area contributed by atoms with Crippen molar-refractivity contribution in [3.63, 3.8) is 0 Å². The largest absolute Gasteiger partial charge is 0.494 e. The Balaban J connectivity index is 0.000000650. The standard InChI is InChI=1S/C23H37N7O.C3H6.C2H6O2/c1-27(2)14-15-30-25-23(24-26-30)29-12-8-19(9-13-29)5-4-16-31-22-7-6-21-18-28(3)11-10-20(21)17-22;1-3-2;1-4-2-3/h6-7,17,19H,4-5,8-16,18H2,1-3H3;3H,1H2,2H3;3H,2H2,1H3. The summed E-state index contributed by atoms with van der Waals surface area (Å²) in [5.74, 6) is 2.57. The molecular formula is C28H49N7O3. The van der Waals surface area contributed by atoms with Crippen LogP contribution in [0.15, 0.2) is 30.9 Å². The Kier molecular flexibility index (Phi) is 14.9. The first-order valence-corrected chi connectivity index (χ1v) is 13.7. The number of fused-ring (bicyclic) bond motifs is 1. The summed E-state index contributed by atoms with van der Waals surface area (Å²) in [5, 5.41) is 20.6. The molecule has 214 valence electrons. The van der Waals surface area contributed by atoms with Crippen LogP contribution < -0.4 is 9.64 Å². The van der Waals surface area contributed by atoms with Crippen LogP contribution in [-0.2, 0) is 24.2 Å². The summed E-state index contributed by atoms with van der Waals surface area (Å²) in [7, 11) is 7.73. The third-order valence-electron chi connectivity index (χ3n) is 6.62. The predicted octanol–water partition coefficient (Wildman–Crippen LogP) is 3.07. The zero-order chi connectivity index (χ0) is 27.8. The van der Waals surface area contributed by atoms with Gasteiger partial charge >= 0.3 is 0 Å². The van der Waals surface area contributed by atoms with Gasteiger partial charge in [0, 0.05) is 39.8 Å². The van der Waals surface area contributed by atoms with Crippen LogP contribution in [-0.4, -0.2) is 103 Å². The minimum absolute atomic E-state index is 0.181. The van der Waals surface area contributed by atoms with Gasteiger partial charge in [0.15, 0.2) is 0 Å². The van der Waals surface area contributed by atoms with E-state index >= 15 is 0 Å². The number of allylic oxidation sites excluding steroid dienone is 1. The summed E-state index contributed by atoms with van der Waals surface area (Å²) in [6, 6.07) is 6.62. The maximum absolute atomic E-state index is 7.65. The van der Waals surface area contributed by atoms with E-state index in [0.29, 0.717) is 0 Å². The topological polar surface area (TPSA) is 92.0 Å². The molecule has 0 saturated carbocycles. The number of rotatable bonds is 10. The average molecular weight is 532 g/mol. The fourth-order valence-electron chi connectivity index (χ4n) is 4.49. The van der Waals surface area contributed by atoms with Gasteiger partial charge in [0.1, 0.15) is 12.5 Å². The lowest BCUT2D eigenvalue weighted by molar-refractivity contribution is 0.0325. The van der Waals surface area contributed by atoms with Gasteiger partial charge in [-0.25, -0.2) is 0 Å². The van der Waals surface area contributed by atoms with Crippen molar-refractivity contribution < 1.29 is 14.6 Å². The molecule has 0 spiro atoms. The van der Waals surface area contributed by atoms with Crippen molar-refractivity contribution in [2.45, 2.75) is 52.1 Å². The molecule has 1 aromatic heterocycles. The molecule has 0 unspecified atom stereocenters. The van der Waals surface area contributed by atoms with Gasteiger partial charge in [0.2, 0.25) is 0 Å². The second-order valence-electron chi connectivity index (χ2n) is 10.2. The summed E-state index contributed by atoms with van der Waals surface area (Å²) < 4.78 is 10.2. The van der Waals surface area contributed by atoms with Gasteiger partial charge in [0.05, 0.1) is 13.2 Å². The molecule has 38 heavy (non-hydrogen) atoms. The number of aromatic nitrogens is 4. The molecule has 0 radical (unpaired) electrons. The molecular weight excluding hydrogens is 482 g/mol. The van der Waals surface area contributed by atoms with Crippen LogP contribution in [0.25, 0.3) is 0 Å². The molecule has 2 aliphatic rings. The Bertz CT molecular complexity index is 912. The van der Waals surface area contributed by atoms with Crippen molar-refractivity contribution in [1.82, 2.24) is 30.0 Å². The highest BCUT2D eigenvalue weighted by Crippen LogP contribution is 2.25. The average Bonchev–Trinajstić information content (AvgIpc) is 3.40. The van der Waals surface area contributed by atoms with Crippen LogP contribution in [0, 0.1) is 5.92 Å². The zero-order valence-corrected chi connectivity index (χ0v) is 24.2. The monoisotopic (exact) mass is 531 g/mol. The van der Waals surface area contributed by atoms with E-state index < -0.39 is 0 Å². The summed E-state index contributed by atoms with van der Waals surface area (Å²) in [6.45, 7) is 11.8. The molecule has 0 bridgehead atoms. The number of hydrogen-bond donors (Lipinski definition) is 1. The molecule has 1 N–H and O–H groups in total. The number of nitrogens with zero attached hydrogens (tertiary/aromatic N) is 7. The third kappa shape index (κ3) is 11.5. The number of piperidine rings is 1. The van der Waals surface area contributed by atoms with Gasteiger partial charge in [-0.05, 0) is 94.6 Å². The second-order valence-corrected chi connectivity index (χ2v) is 10.2. The maximum Gasteiger partial charge on any atom is 0.266 e. The normalized spacial score (nSPS) is 15.7. The Labute approximate surface area is 229 Å². The van der Waals surface area contributed by atoms with Gasteiger partial charge in [0.25, 0.3) is 5.95 Å². The minimum atomic E-state index is -0.181. The summed E-state index contributed by atoms with van der Waals surface area (Å²) in [6.07, 6.45) is 7.60. The summed E-state index contributed by atoms with van der Waals surface area (Å²) in [5.41, 5.74) is 2.90. The van der Waals surface area contributed by atoms with E-state index in [4.69, 9.17) is 9.84 Å². The van der Waals surface area contributed by atoms with E-state index in [-0.39, 0.29) is 6.79 Å². The van der Waals surface area contributed by atoms with Crippen LogP contribution in [0.2, 0.25) is 0 Å². The number of ether oxygens (including phenoxy) is 2. The van der Waals surface area contributed by atoms with Crippen LogP contribution in [0.5, 0.6) is 5.75 Å². The molecule has 2 aromatic rings. The quantitative estimate of drug-likeness (QED) is 0.282. The van der Waals surface area contributed by atoms with Gasteiger partial charge in [-0.1, -0.05) is 17.2 Å². The Morgan fingerprint density at radius 3 is 2.55 bits per heavy atom. The van der Waals surface area contributed by atoms with Gasteiger partial charge in [-0.15, -0.1) is 11.7 Å². The fraction of sp³-hybridized carbons (Fsp3) is 0.679. The van der Waals surface area contributed by atoms with Crippen molar-refractivity contribution in [3.05, 3.63) is 42.0 Å². The first-order valence-electron chi connectivity index (χ1n) is 13.7. The molecule has 3 heterocycles. The Hall–Kier alpha value is -2.53. The second kappa shape index (κ2) is 17.9. The van der Waals surface area contributed by atoms with Crippen LogP contribution >= 0.6 is 0 Å². The van der Waals surface area contributed by atoms with Crippen LogP contribution in [0.1, 0.15) is 43.7 Å². The Morgan fingerprint density at radius 1 is 1.18 bits per heavy atom. The summed E-state index contributed by atoms with van der Waals surface area (Å²) in [4.78, 5) is 8.48. The number of aliphatic hydroxyl groups is 1. The maximum atomic E-state index is 7.65. The van der Waals surface area contributed by atoms with E-state index in [1.165, 1.54) is 37.5 Å². The molecule has 1 saturated heterocycles. The molecule has 4 rings (SSSR count). The van der Waals surface area contributed by atoms with Crippen LogP contribution in [0.3, 0.4) is 0 Å². The van der Waals surface area contributed by atoms with E-state index in [9.17, 15) is 0 Å². The van der Waals surface area contributed by atoms with Gasteiger partial charge in [-0.2, -0.15) is 4.80 Å². The highest BCUT2D eigenvalue weighted by Gasteiger charge is 2.22. The molecule has 10 nitrogen and oxygen atoms in total. The van der Waals surface area contributed by atoms with Crippen LogP contribution in [0.4, 0.5) is 5.95 Å². The highest BCUT2D eigenvalue weighted by atomic mass is 16.6. The lowest BCUT2D eigenvalue weighted by Crippen LogP contribution is -2.34. The number of methoxy groups -OCH3 is 1. The smallest absolute Gasteiger partial charge is 0.266 e. The molecule has 10 heteroatoms. The molecule has 1 fully saturated rings. The first-order chi connectivity index (χ1) is 18.4.